The van der Waals surface area contributed by atoms with Crippen LogP contribution < -0.4 is 0 Å². The molecule has 3 atom stereocenters. The fourth-order valence-corrected chi connectivity index (χ4v) is 0. The zero-order valence-corrected chi connectivity index (χ0v) is 7.37. The molecular formula is CH8F3LiO6S3. The van der Waals surface area contributed by atoms with Crippen molar-refractivity contribution in [1.29, 1.82) is 0 Å². The van der Waals surface area contributed by atoms with Crippen molar-refractivity contribution in [2.45, 2.75) is 7.43 Å². The van der Waals surface area contributed by atoms with Gasteiger partial charge in [-0.15, -0.1) is 11.7 Å². The number of hydrogen-bond acceptors (Lipinski definition) is 3. The van der Waals surface area contributed by atoms with E-state index in [0.717, 1.165) is 0 Å². The third-order valence-corrected chi connectivity index (χ3v) is 0. The molecular weight excluding hydrogens is 268 g/mol. The Morgan fingerprint density at radius 1 is 0.714 bits per heavy atom. The predicted octanol–water partition coefficient (Wildman–Crippen LogP) is 0.265. The summed E-state index contributed by atoms with van der Waals surface area (Å²) in [5, 5.41) is 0. The van der Waals surface area contributed by atoms with Crippen molar-refractivity contribution in [3.63, 3.8) is 0 Å². The zero-order valence-electron chi connectivity index (χ0n) is 4.93. The summed E-state index contributed by atoms with van der Waals surface area (Å²) in [5.74, 6) is 0. The fourth-order valence-electron chi connectivity index (χ4n) is 0. The van der Waals surface area contributed by atoms with Crippen LogP contribution >= 0.6 is 0 Å². The van der Waals surface area contributed by atoms with E-state index in [1.54, 1.807) is 0 Å². The van der Waals surface area contributed by atoms with Crippen LogP contribution in [0.1, 0.15) is 7.43 Å². The molecule has 3 unspecified atom stereocenters. The van der Waals surface area contributed by atoms with Crippen molar-refractivity contribution < 1.29 is 37.9 Å². The number of halogens is 3. The summed E-state index contributed by atoms with van der Waals surface area (Å²) in [6.45, 7) is 0. The van der Waals surface area contributed by atoms with Gasteiger partial charge in [0.2, 0.25) is 0 Å². The summed E-state index contributed by atoms with van der Waals surface area (Å²) >= 11 is -9.33. The van der Waals surface area contributed by atoms with Crippen LogP contribution in [-0.4, -0.2) is 45.1 Å². The van der Waals surface area contributed by atoms with Crippen molar-refractivity contribution in [1.82, 2.24) is 0 Å². The summed E-state index contributed by atoms with van der Waals surface area (Å²) in [5.41, 5.74) is 0. The van der Waals surface area contributed by atoms with E-state index in [4.69, 9.17) is 26.3 Å². The van der Waals surface area contributed by atoms with Crippen LogP contribution in [0.3, 0.4) is 0 Å². The summed E-state index contributed by atoms with van der Waals surface area (Å²) in [6, 6.07) is 0. The van der Waals surface area contributed by atoms with E-state index >= 15 is 0 Å². The third kappa shape index (κ3) is 3390. The van der Waals surface area contributed by atoms with Gasteiger partial charge in [0.1, 0.15) is 0 Å². The van der Waals surface area contributed by atoms with Crippen LogP contribution in [0.5, 0.6) is 0 Å². The van der Waals surface area contributed by atoms with Gasteiger partial charge in [-0.1, -0.05) is 7.43 Å². The predicted molar refractivity (Wildman–Crippen MR) is 49.5 cm³/mol. The molecule has 0 saturated carbocycles. The number of rotatable bonds is 0. The van der Waals surface area contributed by atoms with E-state index in [-0.39, 0.29) is 26.3 Å². The monoisotopic (exact) mass is 276 g/mol. The van der Waals surface area contributed by atoms with E-state index in [1.165, 1.54) is 0 Å². The number of hydrogen-bond donors (Lipinski definition) is 3. The van der Waals surface area contributed by atoms with Gasteiger partial charge in [0.05, 0.1) is 0 Å². The van der Waals surface area contributed by atoms with Gasteiger partial charge in [-0.05, 0) is 0 Å². The molecule has 0 bridgehead atoms. The van der Waals surface area contributed by atoms with Gasteiger partial charge in [-0.3, -0.25) is 13.7 Å². The molecule has 6 nitrogen and oxygen atoms in total. The molecule has 88 valence electrons. The average Bonchev–Trinajstić information content (AvgIpc) is 1.54. The Bertz CT molecular complexity index is 126. The molecule has 0 amide bonds. The minimum atomic E-state index is -3.11. The van der Waals surface area contributed by atoms with Gasteiger partial charge in [0.15, 0.2) is 0 Å². The normalized spacial score (nSPS) is 13.3. The van der Waals surface area contributed by atoms with Gasteiger partial charge >= 0.3 is 53.3 Å². The molecule has 14 heavy (non-hydrogen) atoms. The van der Waals surface area contributed by atoms with Crippen LogP contribution in [0, 0.1) is 0 Å². The van der Waals surface area contributed by atoms with E-state index in [0.29, 0.717) is 0 Å². The first-order valence-electron chi connectivity index (χ1n) is 1.51. The molecule has 0 spiro atoms. The molecule has 0 aliphatic rings. The molecule has 0 aromatic heterocycles. The average molecular weight is 276 g/mol. The van der Waals surface area contributed by atoms with Crippen LogP contribution in [0.2, 0.25) is 0 Å². The molecule has 0 rings (SSSR count). The standard InChI is InChI=1S/CH4.3FHO2S.Li.H/c;3*1-4(2)3;;/h1H4;3*(H,2,3);;. The molecule has 13 heteroatoms. The van der Waals surface area contributed by atoms with Crippen molar-refractivity contribution in [2.75, 3.05) is 0 Å². The Kier molecular flexibility index (Phi) is 49.2. The minimum absolute atomic E-state index is 0. The fraction of sp³-hybridized carbons (Fsp3) is 1.00. The summed E-state index contributed by atoms with van der Waals surface area (Å²) in [7, 11) is 0. The molecule has 0 aromatic carbocycles. The third-order valence-electron chi connectivity index (χ3n) is 0. The molecule has 0 fully saturated rings. The van der Waals surface area contributed by atoms with E-state index < -0.39 is 34.4 Å². The maximum absolute atomic E-state index is 10.0. The first-order chi connectivity index (χ1) is 5.20. The van der Waals surface area contributed by atoms with Crippen molar-refractivity contribution in [3.8, 4) is 0 Å². The molecule has 0 aliphatic heterocycles. The summed E-state index contributed by atoms with van der Waals surface area (Å²) < 4.78 is 76.0. The second kappa shape index (κ2) is 23.5. The van der Waals surface area contributed by atoms with Crippen LogP contribution in [0.4, 0.5) is 11.7 Å². The van der Waals surface area contributed by atoms with Gasteiger partial charge in [-0.25, -0.2) is 0 Å². The van der Waals surface area contributed by atoms with Gasteiger partial charge in [0.25, 0.3) is 0 Å². The molecule has 0 aromatic rings. The van der Waals surface area contributed by atoms with Crippen molar-refractivity contribution in [2.24, 2.45) is 0 Å². The van der Waals surface area contributed by atoms with E-state index in [9.17, 15) is 11.7 Å². The second-order valence-corrected chi connectivity index (χ2v) is 1.86. The molecule has 0 saturated heterocycles. The van der Waals surface area contributed by atoms with E-state index in [1.807, 2.05) is 0 Å². The first kappa shape index (κ1) is 29.3. The second-order valence-electron chi connectivity index (χ2n) is 0.620. The van der Waals surface area contributed by atoms with Crippen molar-refractivity contribution >= 4 is 53.3 Å². The summed E-state index contributed by atoms with van der Waals surface area (Å²) in [6.07, 6.45) is 0. The first-order valence-corrected chi connectivity index (χ1v) is 4.53. The van der Waals surface area contributed by atoms with E-state index in [2.05, 4.69) is 0 Å². The quantitative estimate of drug-likeness (QED) is 0.332. The van der Waals surface area contributed by atoms with Crippen molar-refractivity contribution in [3.05, 3.63) is 0 Å². The molecule has 0 heterocycles. The van der Waals surface area contributed by atoms with Gasteiger partial charge in [0, 0.05) is 0 Å². The summed E-state index contributed by atoms with van der Waals surface area (Å²) in [4.78, 5) is 0. The Morgan fingerprint density at radius 2 is 0.714 bits per heavy atom. The van der Waals surface area contributed by atoms with Gasteiger partial charge in [-0.2, -0.15) is 12.6 Å². The maximum atomic E-state index is 10.0. The van der Waals surface area contributed by atoms with Crippen LogP contribution in [-0.2, 0) is 34.4 Å². The van der Waals surface area contributed by atoms with Crippen LogP contribution in [0.25, 0.3) is 0 Å². The van der Waals surface area contributed by atoms with Gasteiger partial charge < -0.3 is 0 Å². The Morgan fingerprint density at radius 3 is 0.714 bits per heavy atom. The Hall–Kier alpha value is 0.717. The topological polar surface area (TPSA) is 112 Å². The van der Waals surface area contributed by atoms with Crippen LogP contribution in [0.15, 0.2) is 0 Å². The molecule has 0 radical (unpaired) electrons. The Labute approximate surface area is 98.6 Å². The molecule has 0 aliphatic carbocycles. The Balaban J connectivity index is -0.0000000270. The zero-order chi connectivity index (χ0) is 10.7. The SMILES string of the molecule is C.O=S(O)F.O=S(O)F.O=S(O)F.[LiH]. The molecule has 3 N–H and O–H groups in total.